The van der Waals surface area contributed by atoms with Gasteiger partial charge in [-0.15, -0.1) is 10.2 Å². The molecule has 0 atom stereocenters. The van der Waals surface area contributed by atoms with Gasteiger partial charge in [0, 0.05) is 12.1 Å². The zero-order valence-electron chi connectivity index (χ0n) is 16.8. The molecule has 0 saturated carbocycles. The Kier molecular flexibility index (Phi) is 4.42. The summed E-state index contributed by atoms with van der Waals surface area (Å²) in [5.41, 5.74) is 4.30. The van der Waals surface area contributed by atoms with E-state index >= 15 is 0 Å². The summed E-state index contributed by atoms with van der Waals surface area (Å²) in [5, 5.41) is 14.2. The molecule has 0 radical (unpaired) electrons. The molecule has 2 aromatic carbocycles. The number of tetrazole rings is 1. The lowest BCUT2D eigenvalue weighted by Crippen LogP contribution is -2.20. The lowest BCUT2D eigenvalue weighted by molar-refractivity contribution is 0.507. The van der Waals surface area contributed by atoms with Crippen molar-refractivity contribution in [2.45, 2.75) is 33.4 Å². The van der Waals surface area contributed by atoms with Crippen molar-refractivity contribution < 1.29 is 0 Å². The maximum Gasteiger partial charge on any atom is 0.326 e. The fourth-order valence-electron chi connectivity index (χ4n) is 3.77. The van der Waals surface area contributed by atoms with Gasteiger partial charge in [-0.1, -0.05) is 26.0 Å². The number of aromatic amines is 2. The van der Waals surface area contributed by atoms with Crippen molar-refractivity contribution in [2.24, 2.45) is 5.92 Å². The second-order valence-corrected chi connectivity index (χ2v) is 7.83. The third-order valence-electron chi connectivity index (χ3n) is 5.34. The van der Waals surface area contributed by atoms with E-state index in [-0.39, 0.29) is 5.69 Å². The molecule has 0 bridgehead atoms. The summed E-state index contributed by atoms with van der Waals surface area (Å²) < 4.78 is 3.95. The SMILES string of the molecule is CC(C)CCn1c(Cn2c(=O)[nH]c3ccccc32)nc2cc(-c3nn[nH]n3)ccc21. The monoisotopic (exact) mass is 402 g/mol. The number of nitrogens with one attached hydrogen (secondary N) is 2. The minimum absolute atomic E-state index is 0.133. The van der Waals surface area contributed by atoms with Gasteiger partial charge in [-0.2, -0.15) is 5.21 Å². The normalized spacial score (nSPS) is 11.8. The molecule has 0 saturated heterocycles. The van der Waals surface area contributed by atoms with Gasteiger partial charge in [0.25, 0.3) is 0 Å². The highest BCUT2D eigenvalue weighted by atomic mass is 16.1. The Morgan fingerprint density at radius 1 is 1.07 bits per heavy atom. The molecule has 5 rings (SSSR count). The van der Waals surface area contributed by atoms with E-state index in [4.69, 9.17) is 4.98 Å². The Balaban J connectivity index is 1.62. The highest BCUT2D eigenvalue weighted by molar-refractivity contribution is 5.81. The molecule has 0 aliphatic carbocycles. The summed E-state index contributed by atoms with van der Waals surface area (Å²) in [4.78, 5) is 20.4. The molecule has 30 heavy (non-hydrogen) atoms. The third kappa shape index (κ3) is 3.18. The van der Waals surface area contributed by atoms with Crippen molar-refractivity contribution in [1.82, 2.24) is 39.7 Å². The number of fused-ring (bicyclic) bond motifs is 2. The van der Waals surface area contributed by atoms with Crippen LogP contribution in [0.2, 0.25) is 0 Å². The van der Waals surface area contributed by atoms with Crippen LogP contribution in [0.4, 0.5) is 0 Å². The number of benzene rings is 2. The maximum atomic E-state index is 12.6. The lowest BCUT2D eigenvalue weighted by Gasteiger charge is -2.11. The van der Waals surface area contributed by atoms with Crippen LogP contribution in [0.1, 0.15) is 26.1 Å². The molecule has 9 nitrogen and oxygen atoms in total. The standard InChI is InChI=1S/C21H22N8O/c1-13(2)9-10-28-18-8-7-14(20-24-26-27-25-20)11-16(18)22-19(28)12-29-17-6-4-3-5-15(17)23-21(29)30/h3-8,11,13H,9-10,12H2,1-2H3,(H,23,30)(H,24,25,26,27). The van der Waals surface area contributed by atoms with E-state index < -0.39 is 0 Å². The summed E-state index contributed by atoms with van der Waals surface area (Å²) in [6.07, 6.45) is 1.02. The fourth-order valence-corrected chi connectivity index (χ4v) is 3.77. The van der Waals surface area contributed by atoms with Crippen molar-refractivity contribution in [1.29, 1.82) is 0 Å². The molecule has 2 N–H and O–H groups in total. The zero-order chi connectivity index (χ0) is 20.7. The van der Waals surface area contributed by atoms with Crippen LogP contribution in [0.25, 0.3) is 33.5 Å². The van der Waals surface area contributed by atoms with Gasteiger partial charge in [0.05, 0.1) is 28.6 Å². The van der Waals surface area contributed by atoms with Crippen molar-refractivity contribution in [3.05, 3.63) is 58.8 Å². The van der Waals surface area contributed by atoms with Crippen molar-refractivity contribution >= 4 is 22.1 Å². The van der Waals surface area contributed by atoms with Gasteiger partial charge in [0.1, 0.15) is 5.82 Å². The summed E-state index contributed by atoms with van der Waals surface area (Å²) >= 11 is 0. The van der Waals surface area contributed by atoms with Crippen LogP contribution in [-0.4, -0.2) is 39.7 Å². The van der Waals surface area contributed by atoms with Gasteiger partial charge in [0.15, 0.2) is 0 Å². The van der Waals surface area contributed by atoms with Gasteiger partial charge in [-0.3, -0.25) is 4.57 Å². The third-order valence-corrected chi connectivity index (χ3v) is 5.34. The predicted octanol–water partition coefficient (Wildman–Crippen LogP) is 2.95. The van der Waals surface area contributed by atoms with Gasteiger partial charge in [-0.25, -0.2) is 9.78 Å². The molecule has 152 valence electrons. The Morgan fingerprint density at radius 2 is 1.93 bits per heavy atom. The number of H-pyrrole nitrogens is 2. The molecule has 0 spiro atoms. The highest BCUT2D eigenvalue weighted by Gasteiger charge is 2.16. The summed E-state index contributed by atoms with van der Waals surface area (Å²) in [5.74, 6) is 1.94. The molecule has 0 aliphatic rings. The number of hydrogen-bond donors (Lipinski definition) is 2. The molecule has 3 aromatic heterocycles. The number of aryl methyl sites for hydroxylation is 1. The average molecular weight is 402 g/mol. The van der Waals surface area contributed by atoms with Crippen molar-refractivity contribution in [3.63, 3.8) is 0 Å². The highest BCUT2D eigenvalue weighted by Crippen LogP contribution is 2.24. The minimum atomic E-state index is -0.133. The van der Waals surface area contributed by atoms with Crippen LogP contribution in [0, 0.1) is 5.92 Å². The molecule has 3 heterocycles. The minimum Gasteiger partial charge on any atom is -0.326 e. The first-order valence-electron chi connectivity index (χ1n) is 10.0. The first kappa shape index (κ1) is 18.3. The van der Waals surface area contributed by atoms with E-state index in [1.54, 1.807) is 4.57 Å². The van der Waals surface area contributed by atoms with Crippen LogP contribution in [0.15, 0.2) is 47.3 Å². The van der Waals surface area contributed by atoms with E-state index in [9.17, 15) is 4.79 Å². The van der Waals surface area contributed by atoms with E-state index in [0.29, 0.717) is 18.3 Å². The van der Waals surface area contributed by atoms with Crippen molar-refractivity contribution in [2.75, 3.05) is 0 Å². The smallest absolute Gasteiger partial charge is 0.326 e. The van der Waals surface area contributed by atoms with Crippen molar-refractivity contribution in [3.8, 4) is 11.4 Å². The summed E-state index contributed by atoms with van der Waals surface area (Å²) in [6.45, 7) is 5.64. The largest absolute Gasteiger partial charge is 0.326 e. The topological polar surface area (TPSA) is 110 Å². The second-order valence-electron chi connectivity index (χ2n) is 7.83. The fraction of sp³-hybridized carbons (Fsp3) is 0.286. The summed E-state index contributed by atoms with van der Waals surface area (Å²) in [6, 6.07) is 13.7. The summed E-state index contributed by atoms with van der Waals surface area (Å²) in [7, 11) is 0. The molecule has 0 unspecified atom stereocenters. The molecule has 5 aromatic rings. The van der Waals surface area contributed by atoms with E-state index in [0.717, 1.165) is 46.4 Å². The molecular formula is C21H22N8O. The molecule has 9 heteroatoms. The van der Waals surface area contributed by atoms with Crippen LogP contribution in [-0.2, 0) is 13.1 Å². The number of imidazole rings is 2. The van der Waals surface area contributed by atoms with Gasteiger partial charge in [0.2, 0.25) is 5.82 Å². The second kappa shape index (κ2) is 7.25. The maximum absolute atomic E-state index is 12.6. The van der Waals surface area contributed by atoms with Crippen LogP contribution in [0.5, 0.6) is 0 Å². The zero-order valence-corrected chi connectivity index (χ0v) is 16.8. The Hall–Kier alpha value is -3.75. The first-order chi connectivity index (χ1) is 14.6. The number of hydrogen-bond acceptors (Lipinski definition) is 5. The number of para-hydroxylation sites is 2. The Labute approximate surface area is 171 Å². The molecule has 0 aliphatic heterocycles. The lowest BCUT2D eigenvalue weighted by atomic mass is 10.1. The van der Waals surface area contributed by atoms with Crippen LogP contribution < -0.4 is 5.69 Å². The van der Waals surface area contributed by atoms with E-state index in [1.165, 1.54) is 0 Å². The van der Waals surface area contributed by atoms with Crippen LogP contribution >= 0.6 is 0 Å². The Morgan fingerprint density at radius 3 is 2.73 bits per heavy atom. The van der Waals surface area contributed by atoms with Gasteiger partial charge in [-0.05, 0) is 47.9 Å². The Bertz CT molecular complexity index is 1370. The van der Waals surface area contributed by atoms with E-state index in [2.05, 4.69) is 44.0 Å². The predicted molar refractivity (Wildman–Crippen MR) is 114 cm³/mol. The first-order valence-corrected chi connectivity index (χ1v) is 10.0. The quantitative estimate of drug-likeness (QED) is 0.454. The molecule has 0 amide bonds. The number of nitrogens with zero attached hydrogens (tertiary/aromatic N) is 6. The average Bonchev–Trinajstić information content (AvgIpc) is 3.44. The number of aromatic nitrogens is 8. The number of rotatable bonds is 6. The van der Waals surface area contributed by atoms with E-state index in [1.807, 2.05) is 42.5 Å². The molecular weight excluding hydrogens is 380 g/mol. The van der Waals surface area contributed by atoms with Gasteiger partial charge < -0.3 is 9.55 Å². The molecule has 0 fully saturated rings. The van der Waals surface area contributed by atoms with Gasteiger partial charge >= 0.3 is 5.69 Å². The van der Waals surface area contributed by atoms with Crippen LogP contribution in [0.3, 0.4) is 0 Å².